The molecule has 1 N–H and O–H groups in total. The van der Waals surface area contributed by atoms with Crippen LogP contribution in [0.4, 0.5) is 0 Å². The Morgan fingerprint density at radius 1 is 1.29 bits per heavy atom. The van der Waals surface area contributed by atoms with Crippen molar-refractivity contribution in [2.24, 2.45) is 0 Å². The minimum atomic E-state index is 0.306. The molecule has 0 aliphatic carbocycles. The van der Waals surface area contributed by atoms with E-state index in [9.17, 15) is 0 Å². The van der Waals surface area contributed by atoms with Crippen LogP contribution in [0.15, 0.2) is 24.3 Å². The van der Waals surface area contributed by atoms with Gasteiger partial charge in [-0.2, -0.15) is 4.37 Å². The van der Waals surface area contributed by atoms with Crippen LogP contribution >= 0.6 is 11.7 Å². The van der Waals surface area contributed by atoms with Crippen molar-refractivity contribution in [1.82, 2.24) is 14.1 Å². The van der Waals surface area contributed by atoms with Gasteiger partial charge in [0.15, 0.2) is 0 Å². The van der Waals surface area contributed by atoms with E-state index >= 15 is 0 Å². The number of aromatic nitrogens is 2. The van der Waals surface area contributed by atoms with Gasteiger partial charge in [0.25, 0.3) is 5.88 Å². The summed E-state index contributed by atoms with van der Waals surface area (Å²) in [4.78, 5) is 0. The molecule has 2 aromatic rings. The van der Waals surface area contributed by atoms with Crippen molar-refractivity contribution in [2.45, 2.75) is 46.1 Å². The monoisotopic (exact) mass is 343 g/mol. The van der Waals surface area contributed by atoms with Crippen LogP contribution < -0.4 is 10.1 Å². The van der Waals surface area contributed by atoms with Gasteiger partial charge in [-0.05, 0) is 63.3 Å². The minimum absolute atomic E-state index is 0.306. The number of ether oxygens (including phenoxy) is 1. The van der Waals surface area contributed by atoms with Crippen molar-refractivity contribution >= 4 is 17.3 Å². The van der Waals surface area contributed by atoms with Gasteiger partial charge >= 0.3 is 0 Å². The van der Waals surface area contributed by atoms with Crippen LogP contribution in [-0.4, -0.2) is 27.9 Å². The summed E-state index contributed by atoms with van der Waals surface area (Å²) in [7, 11) is 0. The summed E-state index contributed by atoms with van der Waals surface area (Å²) in [5.41, 5.74) is 6.19. The molecule has 1 atom stereocenters. The van der Waals surface area contributed by atoms with Gasteiger partial charge in [0.1, 0.15) is 5.69 Å². The summed E-state index contributed by atoms with van der Waals surface area (Å²) in [5, 5.41) is 3.46. The lowest BCUT2D eigenvalue weighted by molar-refractivity contribution is 0.300. The van der Waals surface area contributed by atoms with Crippen molar-refractivity contribution in [3.8, 4) is 5.88 Å². The van der Waals surface area contributed by atoms with Gasteiger partial charge < -0.3 is 10.1 Å². The van der Waals surface area contributed by atoms with Crippen molar-refractivity contribution in [3.63, 3.8) is 0 Å². The maximum atomic E-state index is 5.94. The van der Waals surface area contributed by atoms with Crippen molar-refractivity contribution < 1.29 is 4.74 Å². The Balaban J connectivity index is 1.57. The number of hydrogen-bond donors (Lipinski definition) is 1. The highest BCUT2D eigenvalue weighted by Gasteiger charge is 2.21. The third-order valence-corrected chi connectivity index (χ3v) is 5.00. The molecule has 0 saturated heterocycles. The fourth-order valence-electron chi connectivity index (χ4n) is 3.07. The zero-order chi connectivity index (χ0) is 16.9. The Labute approximate surface area is 148 Å². The summed E-state index contributed by atoms with van der Waals surface area (Å²) < 4.78 is 14.7. The van der Waals surface area contributed by atoms with E-state index in [1.807, 2.05) is 0 Å². The van der Waals surface area contributed by atoms with Crippen LogP contribution in [0.3, 0.4) is 0 Å². The third kappa shape index (κ3) is 4.02. The lowest BCUT2D eigenvalue weighted by Crippen LogP contribution is -2.31. The molecule has 1 aliphatic rings. The van der Waals surface area contributed by atoms with Crippen molar-refractivity contribution in [2.75, 3.05) is 13.2 Å². The average molecular weight is 343 g/mol. The average Bonchev–Trinajstić information content (AvgIpc) is 3.03. The van der Waals surface area contributed by atoms with Crippen LogP contribution in [0.1, 0.15) is 42.1 Å². The van der Waals surface area contributed by atoms with Gasteiger partial charge in [-0.1, -0.05) is 29.8 Å². The van der Waals surface area contributed by atoms with Crippen LogP contribution in [0, 0.1) is 13.8 Å². The van der Waals surface area contributed by atoms with Crippen LogP contribution in [0.2, 0.25) is 0 Å². The second kappa shape index (κ2) is 7.90. The van der Waals surface area contributed by atoms with E-state index in [-0.39, 0.29) is 0 Å². The third-order valence-electron chi connectivity index (χ3n) is 4.49. The van der Waals surface area contributed by atoms with Gasteiger partial charge in [0.05, 0.1) is 18.3 Å². The SMILES string of the molecule is Cc1ccc(C)c(CCCOc2nsnc2C2=CCCNC2C)c1. The fraction of sp³-hybridized carbons (Fsp3) is 0.474. The Hall–Kier alpha value is -1.72. The Morgan fingerprint density at radius 2 is 2.17 bits per heavy atom. The van der Waals surface area contributed by atoms with Gasteiger partial charge in [-0.15, -0.1) is 4.37 Å². The normalized spacial score (nSPS) is 17.6. The second-order valence-corrected chi connectivity index (χ2v) is 6.95. The standard InChI is InChI=1S/C19H25N3OS/c1-13-8-9-14(2)16(12-13)6-5-11-23-19-18(21-24-22-19)17-7-4-10-20-15(17)3/h7-9,12,15,20H,4-6,10-11H2,1-3H3. The molecular weight excluding hydrogens is 318 g/mol. The summed E-state index contributed by atoms with van der Waals surface area (Å²) >= 11 is 1.23. The van der Waals surface area contributed by atoms with E-state index in [1.165, 1.54) is 34.0 Å². The lowest BCUT2D eigenvalue weighted by Gasteiger charge is -2.21. The molecular formula is C19H25N3OS. The lowest BCUT2D eigenvalue weighted by atomic mass is 10.0. The highest BCUT2D eigenvalue weighted by atomic mass is 32.1. The molecule has 0 amide bonds. The molecule has 4 nitrogen and oxygen atoms in total. The molecule has 1 unspecified atom stereocenters. The molecule has 1 aromatic heterocycles. The zero-order valence-electron chi connectivity index (χ0n) is 14.6. The van der Waals surface area contributed by atoms with Crippen molar-refractivity contribution in [1.29, 1.82) is 0 Å². The highest BCUT2D eigenvalue weighted by molar-refractivity contribution is 6.99. The first-order valence-electron chi connectivity index (χ1n) is 8.60. The largest absolute Gasteiger partial charge is 0.475 e. The first-order chi connectivity index (χ1) is 11.6. The number of benzene rings is 1. The first kappa shape index (κ1) is 17.1. The summed E-state index contributed by atoms with van der Waals surface area (Å²) in [6.45, 7) is 8.16. The number of nitrogens with zero attached hydrogens (tertiary/aromatic N) is 2. The molecule has 128 valence electrons. The smallest absolute Gasteiger partial charge is 0.253 e. The molecule has 0 bridgehead atoms. The van der Waals surface area contributed by atoms with E-state index in [4.69, 9.17) is 4.74 Å². The Morgan fingerprint density at radius 3 is 3.00 bits per heavy atom. The predicted molar refractivity (Wildman–Crippen MR) is 99.7 cm³/mol. The van der Waals surface area contributed by atoms with Gasteiger partial charge in [0.2, 0.25) is 0 Å². The number of nitrogens with one attached hydrogen (secondary N) is 1. The number of rotatable bonds is 6. The first-order valence-corrected chi connectivity index (χ1v) is 9.33. The molecule has 3 rings (SSSR count). The summed E-state index contributed by atoms with van der Waals surface area (Å²) in [6.07, 6.45) is 5.29. The number of aryl methyl sites for hydroxylation is 3. The van der Waals surface area contributed by atoms with E-state index in [0.717, 1.165) is 31.5 Å². The summed E-state index contributed by atoms with van der Waals surface area (Å²) in [6, 6.07) is 6.93. The fourth-order valence-corrected chi connectivity index (χ4v) is 3.59. The van der Waals surface area contributed by atoms with E-state index in [2.05, 4.69) is 59.1 Å². The van der Waals surface area contributed by atoms with Crippen molar-refractivity contribution in [3.05, 3.63) is 46.7 Å². The van der Waals surface area contributed by atoms with Gasteiger partial charge in [-0.3, -0.25) is 0 Å². The molecule has 1 aliphatic heterocycles. The second-order valence-electron chi connectivity index (χ2n) is 6.42. The van der Waals surface area contributed by atoms with Crippen LogP contribution in [0.5, 0.6) is 5.88 Å². The molecule has 0 saturated carbocycles. The molecule has 0 radical (unpaired) electrons. The minimum Gasteiger partial charge on any atom is -0.475 e. The van der Waals surface area contributed by atoms with E-state index in [0.29, 0.717) is 18.5 Å². The molecule has 0 fully saturated rings. The quantitative estimate of drug-likeness (QED) is 0.807. The maximum Gasteiger partial charge on any atom is 0.253 e. The molecule has 1 aromatic carbocycles. The highest BCUT2D eigenvalue weighted by Crippen LogP contribution is 2.28. The number of hydrogen-bond acceptors (Lipinski definition) is 5. The maximum absolute atomic E-state index is 5.94. The Kier molecular flexibility index (Phi) is 5.63. The molecule has 24 heavy (non-hydrogen) atoms. The Bertz CT molecular complexity index is 723. The topological polar surface area (TPSA) is 47.0 Å². The zero-order valence-corrected chi connectivity index (χ0v) is 15.4. The van der Waals surface area contributed by atoms with E-state index < -0.39 is 0 Å². The van der Waals surface area contributed by atoms with Crippen LogP contribution in [0.25, 0.3) is 5.57 Å². The van der Waals surface area contributed by atoms with Crippen LogP contribution in [-0.2, 0) is 6.42 Å². The van der Waals surface area contributed by atoms with Gasteiger partial charge in [0, 0.05) is 6.04 Å². The molecule has 0 spiro atoms. The van der Waals surface area contributed by atoms with Gasteiger partial charge in [-0.25, -0.2) is 0 Å². The predicted octanol–water partition coefficient (Wildman–Crippen LogP) is 3.93. The van der Waals surface area contributed by atoms with E-state index in [1.54, 1.807) is 0 Å². The molecule has 5 heteroatoms. The molecule has 2 heterocycles. The summed E-state index contributed by atoms with van der Waals surface area (Å²) in [5.74, 6) is 0.683.